The summed E-state index contributed by atoms with van der Waals surface area (Å²) in [6, 6.07) is 5.23. The van der Waals surface area contributed by atoms with E-state index in [1.165, 1.54) is 0 Å². The Bertz CT molecular complexity index is 556. The van der Waals surface area contributed by atoms with Crippen LogP contribution in [-0.2, 0) is 0 Å². The number of ether oxygens (including phenoxy) is 2. The molecule has 0 aliphatic carbocycles. The molecule has 18 heavy (non-hydrogen) atoms. The first-order chi connectivity index (χ1) is 8.76. The van der Waals surface area contributed by atoms with E-state index in [4.69, 9.17) is 9.47 Å². The summed E-state index contributed by atoms with van der Waals surface area (Å²) >= 11 is -0.248. The van der Waals surface area contributed by atoms with Crippen LogP contribution in [0.1, 0.15) is 10.4 Å². The third-order valence-corrected chi connectivity index (χ3v) is 4.42. The summed E-state index contributed by atoms with van der Waals surface area (Å²) in [5.74, 6) is 1.24. The molecule has 0 fully saturated rings. The van der Waals surface area contributed by atoms with Crippen molar-refractivity contribution in [3.8, 4) is 11.5 Å². The van der Waals surface area contributed by atoms with Crippen LogP contribution in [0, 0.1) is 0 Å². The van der Waals surface area contributed by atoms with Crippen molar-refractivity contribution in [2.45, 2.75) is 0 Å². The first-order valence-corrected chi connectivity index (χ1v) is 7.91. The molecule has 0 spiro atoms. The van der Waals surface area contributed by atoms with Crippen LogP contribution in [-0.4, -0.2) is 39.8 Å². The molecular weight excluding hydrogens is 289 g/mol. The van der Waals surface area contributed by atoms with Crippen LogP contribution in [0.25, 0.3) is 0 Å². The molecule has 0 N–H and O–H groups in total. The molecule has 1 radical (unpaired) electrons. The molecule has 1 aromatic carbocycles. The van der Waals surface area contributed by atoms with Crippen LogP contribution in [0.5, 0.6) is 11.5 Å². The van der Waals surface area contributed by atoms with Gasteiger partial charge in [-0.2, -0.15) is 0 Å². The first-order valence-electron chi connectivity index (χ1n) is 5.49. The predicted molar refractivity (Wildman–Crippen MR) is 72.9 cm³/mol. The third kappa shape index (κ3) is 2.62. The second-order valence-corrected chi connectivity index (χ2v) is 5.70. The van der Waals surface area contributed by atoms with E-state index < -0.39 is 0 Å². The molecule has 0 saturated carbocycles. The van der Waals surface area contributed by atoms with E-state index in [1.54, 1.807) is 32.4 Å². The molecule has 0 amide bonds. The van der Waals surface area contributed by atoms with Gasteiger partial charge < -0.3 is 0 Å². The molecule has 0 saturated heterocycles. The van der Waals surface area contributed by atoms with Gasteiger partial charge in [0.05, 0.1) is 0 Å². The SMILES string of the molecule is COc1ccc(C(=O)C2=CC=[CH][Ge]=[CH]2)cc1OC. The van der Waals surface area contributed by atoms with E-state index in [1.807, 2.05) is 17.0 Å². The third-order valence-electron chi connectivity index (χ3n) is 2.61. The molecule has 1 aliphatic rings. The van der Waals surface area contributed by atoms with E-state index in [9.17, 15) is 4.79 Å². The molecule has 3 nitrogen and oxygen atoms in total. The molecular formula is C14H13GeO3. The second kappa shape index (κ2) is 5.82. The summed E-state index contributed by atoms with van der Waals surface area (Å²) in [6.45, 7) is 0. The Hall–Kier alpha value is -1.62. The van der Waals surface area contributed by atoms with Crippen LogP contribution in [0.15, 0.2) is 40.8 Å². The maximum atomic E-state index is 12.3. The summed E-state index contributed by atoms with van der Waals surface area (Å²) in [5.41, 5.74) is 1.39. The fourth-order valence-electron chi connectivity index (χ4n) is 1.68. The van der Waals surface area contributed by atoms with E-state index in [-0.39, 0.29) is 20.8 Å². The number of carbonyl (C=O) groups excluding carboxylic acids is 1. The van der Waals surface area contributed by atoms with E-state index in [0.29, 0.717) is 17.1 Å². The monoisotopic (exact) mass is 303 g/mol. The molecule has 1 aliphatic heterocycles. The van der Waals surface area contributed by atoms with Crippen LogP contribution in [0.3, 0.4) is 0 Å². The van der Waals surface area contributed by atoms with E-state index >= 15 is 0 Å². The van der Waals surface area contributed by atoms with Crippen molar-refractivity contribution in [1.29, 1.82) is 0 Å². The predicted octanol–water partition coefficient (Wildman–Crippen LogP) is 1.85. The Morgan fingerprint density at radius 3 is 2.56 bits per heavy atom. The van der Waals surface area contributed by atoms with Crippen LogP contribution in [0.2, 0.25) is 0 Å². The number of hydrogen-bond acceptors (Lipinski definition) is 3. The van der Waals surface area contributed by atoms with Gasteiger partial charge >= 0.3 is 112 Å². The van der Waals surface area contributed by atoms with Gasteiger partial charge in [-0.3, -0.25) is 0 Å². The minimum absolute atomic E-state index is 0.0315. The summed E-state index contributed by atoms with van der Waals surface area (Å²) in [5, 5.41) is 0. The Labute approximate surface area is 112 Å². The molecule has 1 aromatic rings. The summed E-state index contributed by atoms with van der Waals surface area (Å²) < 4.78 is 10.4. The van der Waals surface area contributed by atoms with Crippen molar-refractivity contribution in [1.82, 2.24) is 0 Å². The Morgan fingerprint density at radius 1 is 1.17 bits per heavy atom. The fraction of sp³-hybridized carbons (Fsp3) is 0.143. The summed E-state index contributed by atoms with van der Waals surface area (Å²) in [4.78, 5) is 16.4. The number of benzene rings is 1. The van der Waals surface area contributed by atoms with Crippen molar-refractivity contribution < 1.29 is 14.3 Å². The fourth-order valence-corrected chi connectivity index (χ4v) is 3.17. The molecule has 4 heteroatoms. The van der Waals surface area contributed by atoms with E-state index in [0.717, 1.165) is 5.57 Å². The quantitative estimate of drug-likeness (QED) is 0.629. The zero-order valence-corrected chi connectivity index (χ0v) is 12.4. The average Bonchev–Trinajstić information content (AvgIpc) is 2.46. The first kappa shape index (κ1) is 12.8. The van der Waals surface area contributed by atoms with Gasteiger partial charge in [0.25, 0.3) is 0 Å². The number of hydrogen-bond donors (Lipinski definition) is 0. The maximum absolute atomic E-state index is 12.3. The Balaban J connectivity index is 2.34. The number of Topliss-reactive ketones (excluding diaryl/α,β-unsaturated/α-hetero) is 1. The summed E-state index contributed by atoms with van der Waals surface area (Å²) in [6.07, 6.45) is 3.81. The molecule has 1 heterocycles. The van der Waals surface area contributed by atoms with Gasteiger partial charge in [-0.15, -0.1) is 0 Å². The van der Waals surface area contributed by atoms with Crippen molar-refractivity contribution in [3.63, 3.8) is 0 Å². The van der Waals surface area contributed by atoms with Gasteiger partial charge in [0.1, 0.15) is 0 Å². The molecule has 2 rings (SSSR count). The molecule has 0 atom stereocenters. The van der Waals surface area contributed by atoms with Gasteiger partial charge in [-0.25, -0.2) is 0 Å². The summed E-state index contributed by atoms with van der Waals surface area (Å²) in [7, 11) is 3.14. The van der Waals surface area contributed by atoms with Gasteiger partial charge in [0, 0.05) is 0 Å². The topological polar surface area (TPSA) is 35.5 Å². The number of carbonyl (C=O) groups is 1. The number of allylic oxidation sites excluding steroid dienone is 3. The zero-order valence-electron chi connectivity index (χ0n) is 10.3. The van der Waals surface area contributed by atoms with Gasteiger partial charge in [-0.05, 0) is 0 Å². The second-order valence-electron chi connectivity index (χ2n) is 3.69. The molecule has 0 aromatic heterocycles. The van der Waals surface area contributed by atoms with Crippen LogP contribution in [0.4, 0.5) is 0 Å². The standard InChI is InChI=1S/C14H13GeO3/c1-17-12-6-5-10(8-13(12)18-2)14(16)11-4-3-7-15-9-11/h3-9H,1-2H3. The van der Waals surface area contributed by atoms with Crippen molar-refractivity contribution in [3.05, 3.63) is 46.4 Å². The molecule has 91 valence electrons. The Morgan fingerprint density at radius 2 is 1.94 bits per heavy atom. The van der Waals surface area contributed by atoms with Gasteiger partial charge in [0.2, 0.25) is 0 Å². The molecule has 0 unspecified atom stereocenters. The minimum atomic E-state index is -0.248. The average molecular weight is 302 g/mol. The number of rotatable bonds is 4. The number of methoxy groups -OCH3 is 2. The van der Waals surface area contributed by atoms with Crippen molar-refractivity contribution in [2.75, 3.05) is 14.2 Å². The Kier molecular flexibility index (Phi) is 4.15. The van der Waals surface area contributed by atoms with E-state index in [2.05, 4.69) is 4.91 Å². The van der Waals surface area contributed by atoms with Crippen molar-refractivity contribution in [2.24, 2.45) is 0 Å². The van der Waals surface area contributed by atoms with Crippen LogP contribution < -0.4 is 9.47 Å². The normalized spacial score (nSPS) is 13.1. The zero-order chi connectivity index (χ0) is 13.0. The number of ketones is 1. The van der Waals surface area contributed by atoms with Crippen LogP contribution >= 0.6 is 0 Å². The molecule has 0 bridgehead atoms. The van der Waals surface area contributed by atoms with Crippen molar-refractivity contribution >= 4 is 25.6 Å². The van der Waals surface area contributed by atoms with Gasteiger partial charge in [0.15, 0.2) is 0 Å². The van der Waals surface area contributed by atoms with Gasteiger partial charge in [-0.1, -0.05) is 0 Å².